The summed E-state index contributed by atoms with van der Waals surface area (Å²) in [4.78, 5) is 25.2. The van der Waals surface area contributed by atoms with E-state index in [9.17, 15) is 127 Å². The van der Waals surface area contributed by atoms with Crippen LogP contribution in [0.15, 0.2) is 0 Å². The summed E-state index contributed by atoms with van der Waals surface area (Å²) in [6, 6.07) is -3.58. The van der Waals surface area contributed by atoms with Gasteiger partial charge in [0.15, 0.2) is 50.3 Å². The van der Waals surface area contributed by atoms with E-state index in [-0.39, 0.29) is 0 Å². The molecule has 25 N–H and O–H groups in total. The number of amides is 2. The van der Waals surface area contributed by atoms with Gasteiger partial charge in [0.1, 0.15) is 189 Å². The number of carbonyl (C=O) groups excluding carboxylic acids is 2. The average Bonchev–Trinajstić information content (AvgIpc) is 0.788. The molecule has 0 bridgehead atoms. The van der Waals surface area contributed by atoms with Crippen LogP contribution in [-0.2, 0) is 80.6 Å². The molecule has 8 aliphatic rings. The van der Waals surface area contributed by atoms with Crippen LogP contribution in [0.3, 0.4) is 0 Å². The van der Waals surface area contributed by atoms with Crippen molar-refractivity contribution in [2.75, 3.05) is 46.2 Å². The molecule has 94 heavy (non-hydrogen) atoms. The van der Waals surface area contributed by atoms with Crippen LogP contribution in [0.2, 0.25) is 0 Å². The van der Waals surface area contributed by atoms with Gasteiger partial charge >= 0.3 is 0 Å². The molecule has 0 radical (unpaired) electrons. The highest BCUT2D eigenvalue weighted by Crippen LogP contribution is 2.38. The predicted molar refractivity (Wildman–Crippen MR) is 286 cm³/mol. The molecule has 40 atom stereocenters. The molecule has 42 heteroatoms. The van der Waals surface area contributed by atoms with E-state index in [1.165, 1.54) is 6.92 Å². The lowest BCUT2D eigenvalue weighted by Gasteiger charge is -2.50. The van der Waals surface area contributed by atoms with E-state index in [0.29, 0.717) is 0 Å². The van der Waals surface area contributed by atoms with E-state index in [1.807, 2.05) is 0 Å². The van der Waals surface area contributed by atoms with Gasteiger partial charge in [0.2, 0.25) is 11.8 Å². The van der Waals surface area contributed by atoms with Crippen LogP contribution in [-0.4, -0.2) is 421 Å². The van der Waals surface area contributed by atoms with Crippen molar-refractivity contribution in [3.63, 3.8) is 0 Å². The molecule has 0 saturated carbocycles. The number of aliphatic hydroxyl groups is 23. The Hall–Kier alpha value is -2.58. The molecular weight excluding hydrogens is 1290 g/mol. The van der Waals surface area contributed by atoms with E-state index < -0.39 is 304 Å². The van der Waals surface area contributed by atoms with Crippen molar-refractivity contribution in [2.24, 2.45) is 0 Å². The second-order valence-corrected chi connectivity index (χ2v) is 23.9. The Morgan fingerprint density at radius 1 is 0.298 bits per heavy atom. The fourth-order valence-electron chi connectivity index (χ4n) is 11.9. The third-order valence-corrected chi connectivity index (χ3v) is 17.4. The maximum atomic E-state index is 12.9. The first-order valence-electron chi connectivity index (χ1n) is 30.0. The van der Waals surface area contributed by atoms with Crippen LogP contribution < -0.4 is 10.6 Å². The molecule has 8 saturated heterocycles. The maximum absolute atomic E-state index is 12.9. The molecular formula is C52H88N2O40. The van der Waals surface area contributed by atoms with E-state index in [1.54, 1.807) is 0 Å². The zero-order valence-electron chi connectivity index (χ0n) is 50.3. The second kappa shape index (κ2) is 33.3. The van der Waals surface area contributed by atoms with Crippen molar-refractivity contribution in [2.45, 2.75) is 266 Å². The maximum Gasteiger partial charge on any atom is 0.217 e. The van der Waals surface area contributed by atoms with E-state index >= 15 is 0 Å². The van der Waals surface area contributed by atoms with E-state index in [4.69, 9.17) is 71.1 Å². The van der Waals surface area contributed by atoms with Gasteiger partial charge < -0.3 is 199 Å². The van der Waals surface area contributed by atoms with Gasteiger partial charge in [0, 0.05) is 13.8 Å². The second-order valence-electron chi connectivity index (χ2n) is 23.9. The van der Waals surface area contributed by atoms with Gasteiger partial charge in [-0.2, -0.15) is 0 Å². The third-order valence-electron chi connectivity index (χ3n) is 17.4. The molecule has 8 heterocycles. The quantitative estimate of drug-likeness (QED) is 0.0452. The minimum atomic E-state index is -2.39. The van der Waals surface area contributed by atoms with Crippen LogP contribution in [0.5, 0.6) is 0 Å². The van der Waals surface area contributed by atoms with Gasteiger partial charge in [0.05, 0.1) is 52.4 Å². The summed E-state index contributed by atoms with van der Waals surface area (Å²) in [7, 11) is 0. The van der Waals surface area contributed by atoms with Gasteiger partial charge in [0.25, 0.3) is 0 Å². The van der Waals surface area contributed by atoms with Crippen LogP contribution in [0.1, 0.15) is 20.8 Å². The molecule has 0 aliphatic carbocycles. The molecule has 546 valence electrons. The van der Waals surface area contributed by atoms with Crippen LogP contribution in [0.25, 0.3) is 0 Å². The molecule has 8 aliphatic heterocycles. The number of rotatable bonds is 23. The molecule has 0 spiro atoms. The Morgan fingerprint density at radius 3 is 1.06 bits per heavy atom. The Kier molecular flexibility index (Phi) is 27.3. The molecule has 42 nitrogen and oxygen atoms in total. The Labute approximate surface area is 532 Å². The van der Waals surface area contributed by atoms with Gasteiger partial charge in [-0.1, -0.05) is 0 Å². The lowest BCUT2D eigenvalue weighted by molar-refractivity contribution is -0.388. The zero-order chi connectivity index (χ0) is 69.2. The Morgan fingerprint density at radius 2 is 0.606 bits per heavy atom. The largest absolute Gasteiger partial charge is 0.394 e. The van der Waals surface area contributed by atoms with Crippen molar-refractivity contribution in [3.05, 3.63) is 0 Å². The van der Waals surface area contributed by atoms with Gasteiger partial charge in [-0.15, -0.1) is 0 Å². The smallest absolute Gasteiger partial charge is 0.217 e. The van der Waals surface area contributed by atoms with E-state index in [2.05, 4.69) is 10.6 Å². The minimum absolute atomic E-state index is 0.789. The third kappa shape index (κ3) is 16.7. The number of aliphatic hydroxyl groups excluding tert-OH is 23. The van der Waals surface area contributed by atoms with Crippen molar-refractivity contribution >= 4 is 11.8 Å². The summed E-state index contributed by atoms with van der Waals surface area (Å²) >= 11 is 0. The monoisotopic (exact) mass is 1380 g/mol. The first-order chi connectivity index (χ1) is 44.4. The lowest BCUT2D eigenvalue weighted by atomic mass is 9.93. The standard InChI is InChI=1S/C52H88N2O40/c1-11-23(61)31(69)35(73)47(83-11)82-10-20-42(29(67)21(45(79)84-20)53-12(2)59)91-46-22(54-13(3)60)30(68)41(17(7-58)88-46)92-52-40(78)44(94-51-38(76)34(72)26(64)16(6-57)87-51)28(66)19(90-52)9-81-49-39(77)43(93-50-37(75)33(71)25(63)15(5-56)86-50)27(65)18(89-49)8-80-48-36(74)32(70)24(62)14(4-55)85-48/h11,14-52,55-58,61-79H,4-10H2,1-3H3,(H,53,59)(H,54,60). The average molecular weight is 1380 g/mol. The van der Waals surface area contributed by atoms with Gasteiger partial charge in [-0.25, -0.2) is 0 Å². The first kappa shape index (κ1) is 77.2. The minimum Gasteiger partial charge on any atom is -0.394 e. The molecule has 2 amide bonds. The van der Waals surface area contributed by atoms with E-state index in [0.717, 1.165) is 13.8 Å². The number of nitrogens with one attached hydrogen (secondary N) is 2. The zero-order valence-corrected chi connectivity index (χ0v) is 50.3. The van der Waals surface area contributed by atoms with Gasteiger partial charge in [-0.05, 0) is 6.92 Å². The van der Waals surface area contributed by atoms with Crippen LogP contribution in [0, 0.1) is 0 Å². The van der Waals surface area contributed by atoms with Crippen molar-refractivity contribution in [1.29, 1.82) is 0 Å². The summed E-state index contributed by atoms with van der Waals surface area (Å²) in [6.07, 6.45) is -74.7. The number of carbonyl (C=O) groups is 2. The number of ether oxygens (including phenoxy) is 15. The fourth-order valence-corrected chi connectivity index (χ4v) is 11.9. The molecule has 40 unspecified atom stereocenters. The topological polar surface area (TPSA) is 662 Å². The highest BCUT2D eigenvalue weighted by Gasteiger charge is 2.59. The Bertz CT molecular complexity index is 2360. The number of hydrogen-bond donors (Lipinski definition) is 25. The first-order valence-corrected chi connectivity index (χ1v) is 30.0. The molecule has 0 aromatic heterocycles. The van der Waals surface area contributed by atoms with Crippen molar-refractivity contribution < 1.29 is 198 Å². The summed E-state index contributed by atoms with van der Waals surface area (Å²) in [5.41, 5.74) is 0. The predicted octanol–water partition coefficient (Wildman–Crippen LogP) is -17.1. The molecule has 0 aromatic carbocycles. The fraction of sp³-hybridized carbons (Fsp3) is 0.962. The van der Waals surface area contributed by atoms with Crippen molar-refractivity contribution in [3.8, 4) is 0 Å². The van der Waals surface area contributed by atoms with Gasteiger partial charge in [-0.3, -0.25) is 9.59 Å². The van der Waals surface area contributed by atoms with Crippen LogP contribution >= 0.6 is 0 Å². The van der Waals surface area contributed by atoms with Crippen LogP contribution in [0.4, 0.5) is 0 Å². The Balaban J connectivity index is 1.07. The normalized spacial score (nSPS) is 51.2. The summed E-state index contributed by atoms with van der Waals surface area (Å²) in [5, 5.41) is 255. The molecule has 8 fully saturated rings. The number of hydrogen-bond acceptors (Lipinski definition) is 40. The molecule has 0 aromatic rings. The summed E-state index contributed by atoms with van der Waals surface area (Å²) in [6.45, 7) is -3.53. The van der Waals surface area contributed by atoms with Crippen molar-refractivity contribution in [1.82, 2.24) is 10.6 Å². The lowest BCUT2D eigenvalue weighted by Crippen LogP contribution is -2.70. The summed E-state index contributed by atoms with van der Waals surface area (Å²) < 4.78 is 86.4. The summed E-state index contributed by atoms with van der Waals surface area (Å²) in [5.74, 6) is -1.71. The SMILES string of the molecule is CC(=O)NC1C(O)OC(COC2OC(C)C(O)C(O)C2O)C(OC2OC(CO)C(OC3OC(COC4OC(COC5OC(CO)C(O)C(O)C5O)C(O)C(OC5OC(CO)C(O)C(O)C5O)C4O)C(O)C(OC4OC(CO)C(O)C(O)C4O)C3O)C(O)C2NC(C)=O)C1O. The molecule has 8 rings (SSSR count). The highest BCUT2D eigenvalue weighted by atomic mass is 16.8. The highest BCUT2D eigenvalue weighted by molar-refractivity contribution is 5.73.